The molecule has 1 saturated heterocycles. The van der Waals surface area contributed by atoms with Crippen LogP contribution in [0.1, 0.15) is 12.8 Å². The molecule has 1 fully saturated rings. The molecule has 1 N–H and O–H groups in total. The Kier molecular flexibility index (Phi) is 5.35. The zero-order valence-corrected chi connectivity index (χ0v) is 12.3. The number of aromatic amines is 1. The van der Waals surface area contributed by atoms with Crippen molar-refractivity contribution in [2.24, 2.45) is 0 Å². The highest BCUT2D eigenvalue weighted by molar-refractivity contribution is 5.85. The van der Waals surface area contributed by atoms with Crippen LogP contribution in [0.25, 0.3) is 11.5 Å². The molecular weight excluding hydrogens is 296 g/mol. The Hall–Kier alpha value is -1.86. The van der Waals surface area contributed by atoms with E-state index in [9.17, 15) is 4.79 Å². The first-order valence-electron chi connectivity index (χ1n) is 6.69. The van der Waals surface area contributed by atoms with Gasteiger partial charge in [-0.05, 0) is 38.1 Å². The molecule has 114 valence electrons. The molecule has 0 spiro atoms. The fourth-order valence-electron chi connectivity index (χ4n) is 2.24. The van der Waals surface area contributed by atoms with Crippen LogP contribution in [-0.4, -0.2) is 46.3 Å². The summed E-state index contributed by atoms with van der Waals surface area (Å²) in [7, 11) is 0. The molecule has 0 bridgehead atoms. The van der Waals surface area contributed by atoms with Gasteiger partial charge in [-0.25, -0.2) is 9.78 Å². The van der Waals surface area contributed by atoms with Crippen LogP contribution >= 0.6 is 12.4 Å². The van der Waals surface area contributed by atoms with E-state index in [0.717, 1.165) is 6.54 Å². The molecule has 0 unspecified atom stereocenters. The SMILES string of the molecule is Cl.O=c1[nH]c(-c2ccc(OCCN3CCCC3)cn2)no1. The van der Waals surface area contributed by atoms with E-state index in [1.165, 1.54) is 25.9 Å². The predicted octanol–water partition coefficient (Wildman–Crippen LogP) is 1.32. The van der Waals surface area contributed by atoms with E-state index in [4.69, 9.17) is 4.74 Å². The minimum absolute atomic E-state index is 0. The topological polar surface area (TPSA) is 84.3 Å². The second-order valence-electron chi connectivity index (χ2n) is 4.72. The van der Waals surface area contributed by atoms with Gasteiger partial charge in [0.25, 0.3) is 0 Å². The summed E-state index contributed by atoms with van der Waals surface area (Å²) < 4.78 is 10.1. The number of hydrogen-bond acceptors (Lipinski definition) is 6. The summed E-state index contributed by atoms with van der Waals surface area (Å²) in [4.78, 5) is 19.9. The van der Waals surface area contributed by atoms with Crippen molar-refractivity contribution in [3.63, 3.8) is 0 Å². The Bertz CT molecular complexity index is 604. The first-order chi connectivity index (χ1) is 9.81. The second-order valence-corrected chi connectivity index (χ2v) is 4.72. The maximum Gasteiger partial charge on any atom is 0.439 e. The Morgan fingerprint density at radius 2 is 2.14 bits per heavy atom. The van der Waals surface area contributed by atoms with E-state index in [-0.39, 0.29) is 12.4 Å². The van der Waals surface area contributed by atoms with Gasteiger partial charge in [0.1, 0.15) is 18.1 Å². The number of nitrogens with one attached hydrogen (secondary N) is 1. The van der Waals surface area contributed by atoms with Crippen molar-refractivity contribution in [3.8, 4) is 17.3 Å². The lowest BCUT2D eigenvalue weighted by molar-refractivity contribution is 0.237. The van der Waals surface area contributed by atoms with Crippen LogP contribution in [0.15, 0.2) is 27.6 Å². The molecule has 0 saturated carbocycles. The van der Waals surface area contributed by atoms with Gasteiger partial charge in [-0.15, -0.1) is 12.4 Å². The number of ether oxygens (including phenoxy) is 1. The summed E-state index contributed by atoms with van der Waals surface area (Å²) in [6.07, 6.45) is 4.19. The van der Waals surface area contributed by atoms with Crippen LogP contribution in [0, 0.1) is 0 Å². The molecule has 0 aromatic carbocycles. The third-order valence-electron chi connectivity index (χ3n) is 3.29. The van der Waals surface area contributed by atoms with Crippen LogP contribution in [0.2, 0.25) is 0 Å². The van der Waals surface area contributed by atoms with Gasteiger partial charge in [0, 0.05) is 6.54 Å². The van der Waals surface area contributed by atoms with E-state index in [1.54, 1.807) is 18.3 Å². The lowest BCUT2D eigenvalue weighted by Gasteiger charge is -2.14. The second kappa shape index (κ2) is 7.24. The van der Waals surface area contributed by atoms with Crippen LogP contribution in [0.4, 0.5) is 0 Å². The van der Waals surface area contributed by atoms with E-state index >= 15 is 0 Å². The average Bonchev–Trinajstić information content (AvgIpc) is 3.11. The summed E-state index contributed by atoms with van der Waals surface area (Å²) in [5.74, 6) is 0.435. The highest BCUT2D eigenvalue weighted by Gasteiger charge is 2.11. The molecule has 1 aliphatic heterocycles. The molecule has 2 aromatic heterocycles. The van der Waals surface area contributed by atoms with Gasteiger partial charge in [-0.2, -0.15) is 0 Å². The quantitative estimate of drug-likeness (QED) is 0.896. The maximum absolute atomic E-state index is 10.9. The van der Waals surface area contributed by atoms with Gasteiger partial charge in [0.15, 0.2) is 0 Å². The number of likely N-dealkylation sites (tertiary alicyclic amines) is 1. The summed E-state index contributed by atoms with van der Waals surface area (Å²) in [5.41, 5.74) is 0.544. The number of H-pyrrole nitrogens is 1. The van der Waals surface area contributed by atoms with Crippen LogP contribution < -0.4 is 10.5 Å². The predicted molar refractivity (Wildman–Crippen MR) is 78.8 cm³/mol. The average molecular weight is 313 g/mol. The molecule has 0 amide bonds. The highest BCUT2D eigenvalue weighted by Crippen LogP contribution is 2.15. The van der Waals surface area contributed by atoms with Gasteiger partial charge in [0.2, 0.25) is 5.82 Å². The maximum atomic E-state index is 10.9. The van der Waals surface area contributed by atoms with E-state index in [1.807, 2.05) is 0 Å². The Morgan fingerprint density at radius 3 is 2.76 bits per heavy atom. The third kappa shape index (κ3) is 4.05. The van der Waals surface area contributed by atoms with Gasteiger partial charge in [-0.3, -0.25) is 14.4 Å². The van der Waals surface area contributed by atoms with Crippen molar-refractivity contribution in [3.05, 3.63) is 28.9 Å². The fourth-order valence-corrected chi connectivity index (χ4v) is 2.24. The first kappa shape index (κ1) is 15.5. The molecule has 0 radical (unpaired) electrons. The molecule has 8 heteroatoms. The summed E-state index contributed by atoms with van der Waals surface area (Å²) in [5, 5.41) is 3.58. The molecule has 1 aliphatic rings. The van der Waals surface area contributed by atoms with Gasteiger partial charge < -0.3 is 4.74 Å². The van der Waals surface area contributed by atoms with Crippen molar-refractivity contribution in [1.82, 2.24) is 20.0 Å². The molecule has 3 heterocycles. The summed E-state index contributed by atoms with van der Waals surface area (Å²) >= 11 is 0. The molecule has 2 aromatic rings. The summed E-state index contributed by atoms with van der Waals surface area (Å²) in [6.45, 7) is 3.93. The highest BCUT2D eigenvalue weighted by atomic mass is 35.5. The van der Waals surface area contributed by atoms with Crippen LogP contribution in [-0.2, 0) is 0 Å². The van der Waals surface area contributed by atoms with Crippen molar-refractivity contribution in [1.29, 1.82) is 0 Å². The molecule has 21 heavy (non-hydrogen) atoms. The minimum Gasteiger partial charge on any atom is -0.491 e. The zero-order valence-electron chi connectivity index (χ0n) is 11.4. The molecule has 7 nitrogen and oxygen atoms in total. The number of hydrogen-bond donors (Lipinski definition) is 1. The lowest BCUT2D eigenvalue weighted by Crippen LogP contribution is -2.25. The van der Waals surface area contributed by atoms with Gasteiger partial charge >= 0.3 is 5.76 Å². The molecule has 0 aliphatic carbocycles. The van der Waals surface area contributed by atoms with E-state index < -0.39 is 5.76 Å². The van der Waals surface area contributed by atoms with E-state index in [2.05, 4.69) is 24.5 Å². The zero-order chi connectivity index (χ0) is 13.8. The van der Waals surface area contributed by atoms with Crippen LogP contribution in [0.3, 0.4) is 0 Å². The number of halogens is 1. The monoisotopic (exact) mass is 312 g/mol. The van der Waals surface area contributed by atoms with Gasteiger partial charge in [-0.1, -0.05) is 5.16 Å². The molecule has 3 rings (SSSR count). The largest absolute Gasteiger partial charge is 0.491 e. The standard InChI is InChI=1S/C13H16N4O3.ClH/c18-13-15-12(16-20-13)11-4-3-10(9-14-11)19-8-7-17-5-1-2-6-17;/h3-4,9H,1-2,5-8H2,(H,15,16,18);1H. The van der Waals surface area contributed by atoms with Gasteiger partial charge in [0.05, 0.1) is 6.20 Å². The number of rotatable bonds is 5. The third-order valence-corrected chi connectivity index (χ3v) is 3.29. The fraction of sp³-hybridized carbons (Fsp3) is 0.462. The van der Waals surface area contributed by atoms with Crippen molar-refractivity contribution >= 4 is 12.4 Å². The Labute approximate surface area is 127 Å². The summed E-state index contributed by atoms with van der Waals surface area (Å²) in [6, 6.07) is 3.54. The number of nitrogens with zero attached hydrogens (tertiary/aromatic N) is 3. The number of aromatic nitrogens is 3. The van der Waals surface area contributed by atoms with E-state index in [0.29, 0.717) is 23.9 Å². The Morgan fingerprint density at radius 1 is 1.33 bits per heavy atom. The molecule has 0 atom stereocenters. The lowest BCUT2D eigenvalue weighted by atomic mass is 10.3. The van der Waals surface area contributed by atoms with Crippen molar-refractivity contribution < 1.29 is 9.26 Å². The minimum atomic E-state index is -0.590. The molecular formula is C13H17ClN4O3. The normalized spacial score (nSPS) is 14.9. The van der Waals surface area contributed by atoms with Crippen LogP contribution in [0.5, 0.6) is 5.75 Å². The smallest absolute Gasteiger partial charge is 0.439 e. The van der Waals surface area contributed by atoms with Crippen molar-refractivity contribution in [2.45, 2.75) is 12.8 Å². The first-order valence-corrected chi connectivity index (χ1v) is 6.69. The van der Waals surface area contributed by atoms with Crippen molar-refractivity contribution in [2.75, 3.05) is 26.2 Å². The Balaban J connectivity index is 0.00000161. The number of pyridine rings is 1.